The van der Waals surface area contributed by atoms with Crippen molar-refractivity contribution in [3.8, 4) is 5.75 Å². The van der Waals surface area contributed by atoms with Crippen molar-refractivity contribution in [1.82, 2.24) is 5.32 Å². The van der Waals surface area contributed by atoms with Crippen LogP contribution in [0.25, 0.3) is 0 Å². The number of carbonyl (C=O) groups is 2. The van der Waals surface area contributed by atoms with Crippen LogP contribution in [0.15, 0.2) is 18.2 Å². The third-order valence-electron chi connectivity index (χ3n) is 2.08. The van der Waals surface area contributed by atoms with Crippen molar-refractivity contribution in [2.75, 3.05) is 19.0 Å². The van der Waals surface area contributed by atoms with E-state index in [9.17, 15) is 9.59 Å². The van der Waals surface area contributed by atoms with Gasteiger partial charge in [-0.25, -0.2) is 4.79 Å². The zero-order chi connectivity index (χ0) is 12.8. The van der Waals surface area contributed by atoms with Gasteiger partial charge in [0.15, 0.2) is 0 Å². The molecule has 92 valence electrons. The Kier molecular flexibility index (Phi) is 4.33. The monoisotopic (exact) mass is 238 g/mol. The summed E-state index contributed by atoms with van der Waals surface area (Å²) in [7, 11) is 1.56. The number of carboxylic acid groups (broad SMARTS) is 1. The lowest BCUT2D eigenvalue weighted by atomic mass is 10.2. The van der Waals surface area contributed by atoms with Gasteiger partial charge in [0.1, 0.15) is 12.3 Å². The molecule has 0 aromatic heterocycles. The molecular weight excluding hydrogens is 224 g/mol. The smallest absolute Gasteiger partial charge is 0.323 e. The number of carboxylic acids is 1. The molecule has 0 unspecified atom stereocenters. The maximum Gasteiger partial charge on any atom is 0.323 e. The first kappa shape index (κ1) is 12.8. The van der Waals surface area contributed by atoms with Gasteiger partial charge in [0.2, 0.25) is 0 Å². The largest absolute Gasteiger partial charge is 0.497 e. The molecule has 1 aromatic carbocycles. The number of benzene rings is 1. The molecule has 1 aromatic rings. The first-order valence-corrected chi connectivity index (χ1v) is 4.94. The number of rotatable bonds is 4. The summed E-state index contributed by atoms with van der Waals surface area (Å²) in [6, 6.07) is 4.61. The zero-order valence-electron chi connectivity index (χ0n) is 9.61. The molecule has 0 aliphatic carbocycles. The summed E-state index contributed by atoms with van der Waals surface area (Å²) in [6.45, 7) is 1.40. The fraction of sp³-hybridized carbons (Fsp3) is 0.273. The molecule has 0 bridgehead atoms. The average molecular weight is 238 g/mol. The highest BCUT2D eigenvalue weighted by molar-refractivity contribution is 5.91. The molecule has 3 N–H and O–H groups in total. The first-order valence-electron chi connectivity index (χ1n) is 4.94. The van der Waals surface area contributed by atoms with Crippen LogP contribution in [0.3, 0.4) is 0 Å². The average Bonchev–Trinajstić information content (AvgIpc) is 2.29. The molecule has 0 aliphatic heterocycles. The van der Waals surface area contributed by atoms with Crippen LogP contribution in [-0.4, -0.2) is 30.8 Å². The third kappa shape index (κ3) is 4.02. The van der Waals surface area contributed by atoms with E-state index in [0.29, 0.717) is 11.4 Å². The fourth-order valence-corrected chi connectivity index (χ4v) is 1.23. The summed E-state index contributed by atoms with van der Waals surface area (Å²) in [5.74, 6) is -0.398. The molecule has 0 heterocycles. The maximum atomic E-state index is 11.3. The SMILES string of the molecule is COc1ccc(NC(=O)NCC(=O)O)c(C)c1. The second-order valence-corrected chi connectivity index (χ2v) is 3.38. The minimum Gasteiger partial charge on any atom is -0.497 e. The summed E-state index contributed by atoms with van der Waals surface area (Å²) in [5, 5.41) is 13.1. The van der Waals surface area contributed by atoms with E-state index in [4.69, 9.17) is 9.84 Å². The van der Waals surface area contributed by atoms with E-state index in [-0.39, 0.29) is 0 Å². The summed E-state index contributed by atoms with van der Waals surface area (Å²) in [6.07, 6.45) is 0. The van der Waals surface area contributed by atoms with Crippen LogP contribution in [-0.2, 0) is 4.79 Å². The predicted octanol–water partition coefficient (Wildman–Crippen LogP) is 1.21. The Morgan fingerprint density at radius 3 is 2.65 bits per heavy atom. The molecule has 1 rings (SSSR count). The van der Waals surface area contributed by atoms with Gasteiger partial charge >= 0.3 is 12.0 Å². The lowest BCUT2D eigenvalue weighted by molar-refractivity contribution is -0.135. The normalized spacial score (nSPS) is 9.53. The Bertz CT molecular complexity index is 431. The molecular formula is C11H14N2O4. The number of aliphatic carboxylic acids is 1. The molecule has 0 fully saturated rings. The van der Waals surface area contributed by atoms with E-state index in [1.54, 1.807) is 25.3 Å². The Morgan fingerprint density at radius 1 is 1.41 bits per heavy atom. The van der Waals surface area contributed by atoms with Crippen molar-refractivity contribution in [2.24, 2.45) is 0 Å². The van der Waals surface area contributed by atoms with Crippen LogP contribution in [0.2, 0.25) is 0 Å². The van der Waals surface area contributed by atoms with E-state index in [1.807, 2.05) is 6.92 Å². The van der Waals surface area contributed by atoms with Gasteiger partial charge in [0, 0.05) is 5.69 Å². The Hall–Kier alpha value is -2.24. The van der Waals surface area contributed by atoms with Gasteiger partial charge in [-0.15, -0.1) is 0 Å². The van der Waals surface area contributed by atoms with Crippen molar-refractivity contribution in [3.05, 3.63) is 23.8 Å². The number of urea groups is 1. The molecule has 0 saturated heterocycles. The second-order valence-electron chi connectivity index (χ2n) is 3.38. The van der Waals surface area contributed by atoms with E-state index in [1.165, 1.54) is 0 Å². The molecule has 17 heavy (non-hydrogen) atoms. The minimum atomic E-state index is -1.09. The maximum absolute atomic E-state index is 11.3. The minimum absolute atomic E-state index is 0.416. The topological polar surface area (TPSA) is 87.7 Å². The molecule has 0 atom stereocenters. The Labute approximate surface area is 98.6 Å². The van der Waals surface area contributed by atoms with Crippen LogP contribution in [0.5, 0.6) is 5.75 Å². The van der Waals surface area contributed by atoms with Gasteiger partial charge < -0.3 is 20.5 Å². The molecule has 0 saturated carbocycles. The predicted molar refractivity (Wildman–Crippen MR) is 62.4 cm³/mol. The van der Waals surface area contributed by atoms with Crippen LogP contribution >= 0.6 is 0 Å². The summed E-state index contributed by atoms with van der Waals surface area (Å²) < 4.78 is 5.03. The van der Waals surface area contributed by atoms with E-state index in [0.717, 1.165) is 5.56 Å². The van der Waals surface area contributed by atoms with Gasteiger partial charge in [0.05, 0.1) is 7.11 Å². The van der Waals surface area contributed by atoms with Crippen LogP contribution in [0.4, 0.5) is 10.5 Å². The second kappa shape index (κ2) is 5.74. The Balaban J connectivity index is 2.62. The molecule has 0 aliphatic rings. The molecule has 0 spiro atoms. The van der Waals surface area contributed by atoms with Crippen molar-refractivity contribution in [2.45, 2.75) is 6.92 Å². The van der Waals surface area contributed by atoms with E-state index < -0.39 is 18.5 Å². The van der Waals surface area contributed by atoms with Crippen molar-refractivity contribution < 1.29 is 19.4 Å². The summed E-state index contributed by atoms with van der Waals surface area (Å²) in [4.78, 5) is 21.6. The Morgan fingerprint density at radius 2 is 2.12 bits per heavy atom. The van der Waals surface area contributed by atoms with Gasteiger partial charge in [-0.2, -0.15) is 0 Å². The number of carbonyl (C=O) groups excluding carboxylic acids is 1. The van der Waals surface area contributed by atoms with Gasteiger partial charge in [-0.05, 0) is 30.7 Å². The number of methoxy groups -OCH3 is 1. The quantitative estimate of drug-likeness (QED) is 0.735. The van der Waals surface area contributed by atoms with Crippen LogP contribution in [0, 0.1) is 6.92 Å². The highest BCUT2D eigenvalue weighted by Gasteiger charge is 2.06. The number of nitrogens with one attached hydrogen (secondary N) is 2. The highest BCUT2D eigenvalue weighted by atomic mass is 16.5. The molecule has 6 nitrogen and oxygen atoms in total. The summed E-state index contributed by atoms with van der Waals surface area (Å²) >= 11 is 0. The first-order chi connectivity index (χ1) is 8.02. The lowest BCUT2D eigenvalue weighted by Gasteiger charge is -2.10. The number of ether oxygens (including phenoxy) is 1. The molecule has 0 radical (unpaired) electrons. The summed E-state index contributed by atoms with van der Waals surface area (Å²) in [5.41, 5.74) is 1.43. The molecule has 6 heteroatoms. The zero-order valence-corrected chi connectivity index (χ0v) is 9.61. The van der Waals surface area contributed by atoms with Crippen molar-refractivity contribution >= 4 is 17.7 Å². The van der Waals surface area contributed by atoms with Gasteiger partial charge in [-0.3, -0.25) is 4.79 Å². The van der Waals surface area contributed by atoms with Gasteiger partial charge in [-0.1, -0.05) is 0 Å². The fourth-order valence-electron chi connectivity index (χ4n) is 1.23. The number of amides is 2. The van der Waals surface area contributed by atoms with Crippen molar-refractivity contribution in [3.63, 3.8) is 0 Å². The molecule has 2 amide bonds. The van der Waals surface area contributed by atoms with Crippen LogP contribution < -0.4 is 15.4 Å². The number of aryl methyl sites for hydroxylation is 1. The number of anilines is 1. The van der Waals surface area contributed by atoms with E-state index in [2.05, 4.69) is 10.6 Å². The van der Waals surface area contributed by atoms with Gasteiger partial charge in [0.25, 0.3) is 0 Å². The highest BCUT2D eigenvalue weighted by Crippen LogP contribution is 2.20. The number of hydrogen-bond acceptors (Lipinski definition) is 3. The van der Waals surface area contributed by atoms with E-state index >= 15 is 0 Å². The van der Waals surface area contributed by atoms with Crippen LogP contribution in [0.1, 0.15) is 5.56 Å². The van der Waals surface area contributed by atoms with Crippen molar-refractivity contribution in [1.29, 1.82) is 0 Å². The third-order valence-corrected chi connectivity index (χ3v) is 2.08. The lowest BCUT2D eigenvalue weighted by Crippen LogP contribution is -2.33. The number of hydrogen-bond donors (Lipinski definition) is 3. The standard InChI is InChI=1S/C11H14N2O4/c1-7-5-8(17-2)3-4-9(7)13-11(16)12-6-10(14)15/h3-5H,6H2,1-2H3,(H,14,15)(H2,12,13,16).